The molecule has 0 saturated carbocycles. The van der Waals surface area contributed by atoms with E-state index in [0.29, 0.717) is 34.5 Å². The Kier molecular flexibility index (Phi) is 4.71. The average Bonchev–Trinajstić information content (AvgIpc) is 2.43. The van der Waals surface area contributed by atoms with Gasteiger partial charge in [0.25, 0.3) is 5.91 Å². The highest BCUT2D eigenvalue weighted by Crippen LogP contribution is 2.36. The zero-order chi connectivity index (χ0) is 15.8. The van der Waals surface area contributed by atoms with Crippen LogP contribution in [-0.2, 0) is 4.74 Å². The predicted octanol–water partition coefficient (Wildman–Crippen LogP) is 3.64. The molecular weight excluding hydrogens is 313 g/mol. The Hall–Kier alpha value is -0.970. The molecule has 0 aromatic heterocycles. The van der Waals surface area contributed by atoms with Crippen LogP contribution in [-0.4, -0.2) is 42.7 Å². The Balaban J connectivity index is 2.46. The van der Waals surface area contributed by atoms with E-state index in [1.54, 1.807) is 17.0 Å². The number of methoxy groups -OCH3 is 1. The first-order valence-corrected chi connectivity index (χ1v) is 7.49. The van der Waals surface area contributed by atoms with Gasteiger partial charge in [-0.15, -0.1) is 0 Å². The van der Waals surface area contributed by atoms with E-state index in [1.807, 2.05) is 20.8 Å². The standard InChI is InChI=1S/C15H19Cl2NO3/c1-9-7-18(15(2,3)8-21-9)14(19)12-10(16)5-6-11(17)13(12)20-4/h5-6,9H,7-8H2,1-4H3. The lowest BCUT2D eigenvalue weighted by Gasteiger charge is -2.44. The molecule has 1 saturated heterocycles. The molecule has 1 aliphatic rings. The molecule has 1 heterocycles. The van der Waals surface area contributed by atoms with E-state index >= 15 is 0 Å². The van der Waals surface area contributed by atoms with Crippen molar-refractivity contribution in [1.29, 1.82) is 0 Å². The summed E-state index contributed by atoms with van der Waals surface area (Å²) in [5.41, 5.74) is -0.117. The predicted molar refractivity (Wildman–Crippen MR) is 83.5 cm³/mol. The molecule has 6 heteroatoms. The van der Waals surface area contributed by atoms with Gasteiger partial charge in [-0.3, -0.25) is 4.79 Å². The summed E-state index contributed by atoms with van der Waals surface area (Å²) >= 11 is 12.3. The molecule has 4 nitrogen and oxygen atoms in total. The third kappa shape index (κ3) is 3.12. The second-order valence-electron chi connectivity index (χ2n) is 5.79. The van der Waals surface area contributed by atoms with Crippen LogP contribution in [0.25, 0.3) is 0 Å². The summed E-state index contributed by atoms with van der Waals surface area (Å²) < 4.78 is 10.9. The summed E-state index contributed by atoms with van der Waals surface area (Å²) in [5.74, 6) is 0.114. The molecule has 1 aromatic rings. The van der Waals surface area contributed by atoms with Gasteiger partial charge in [-0.05, 0) is 32.9 Å². The molecule has 1 atom stereocenters. The van der Waals surface area contributed by atoms with Gasteiger partial charge in [-0.25, -0.2) is 0 Å². The number of ether oxygens (including phenoxy) is 2. The van der Waals surface area contributed by atoms with Crippen LogP contribution in [0.4, 0.5) is 0 Å². The van der Waals surface area contributed by atoms with Crippen LogP contribution in [0.15, 0.2) is 12.1 Å². The van der Waals surface area contributed by atoms with Crippen molar-refractivity contribution in [2.24, 2.45) is 0 Å². The lowest BCUT2D eigenvalue weighted by Crippen LogP contribution is -2.57. The monoisotopic (exact) mass is 331 g/mol. The Morgan fingerprint density at radius 2 is 2.00 bits per heavy atom. The first-order valence-electron chi connectivity index (χ1n) is 6.73. The minimum absolute atomic E-state index is 0.0223. The summed E-state index contributed by atoms with van der Waals surface area (Å²) in [6, 6.07) is 3.23. The number of hydrogen-bond donors (Lipinski definition) is 0. The topological polar surface area (TPSA) is 38.8 Å². The number of halogens is 2. The van der Waals surface area contributed by atoms with Crippen LogP contribution in [0.5, 0.6) is 5.75 Å². The van der Waals surface area contributed by atoms with Crippen LogP contribution in [0, 0.1) is 0 Å². The van der Waals surface area contributed by atoms with E-state index in [4.69, 9.17) is 32.7 Å². The summed E-state index contributed by atoms with van der Waals surface area (Å²) in [6.45, 7) is 6.83. The van der Waals surface area contributed by atoms with Crippen LogP contribution in [0.3, 0.4) is 0 Å². The number of carbonyl (C=O) groups excluding carboxylic acids is 1. The molecule has 0 aliphatic carbocycles. The number of hydrogen-bond acceptors (Lipinski definition) is 3. The minimum Gasteiger partial charge on any atom is -0.494 e. The highest BCUT2D eigenvalue weighted by atomic mass is 35.5. The van der Waals surface area contributed by atoms with Gasteiger partial charge in [0.2, 0.25) is 0 Å². The second-order valence-corrected chi connectivity index (χ2v) is 6.60. The van der Waals surface area contributed by atoms with Crippen molar-refractivity contribution in [3.63, 3.8) is 0 Å². The lowest BCUT2D eigenvalue weighted by atomic mass is 9.99. The number of morpholine rings is 1. The molecule has 1 amide bonds. The van der Waals surface area contributed by atoms with E-state index in [1.165, 1.54) is 7.11 Å². The fraction of sp³-hybridized carbons (Fsp3) is 0.533. The smallest absolute Gasteiger partial charge is 0.259 e. The number of rotatable bonds is 2. The van der Waals surface area contributed by atoms with Gasteiger partial charge in [-0.1, -0.05) is 23.2 Å². The normalized spacial score (nSPS) is 21.2. The molecule has 0 radical (unpaired) electrons. The van der Waals surface area contributed by atoms with E-state index in [-0.39, 0.29) is 12.0 Å². The molecule has 0 spiro atoms. The van der Waals surface area contributed by atoms with Crippen molar-refractivity contribution in [3.05, 3.63) is 27.7 Å². The SMILES string of the molecule is COc1c(Cl)ccc(Cl)c1C(=O)N1CC(C)OCC1(C)C. The van der Waals surface area contributed by atoms with E-state index in [2.05, 4.69) is 0 Å². The fourth-order valence-electron chi connectivity index (χ4n) is 2.41. The van der Waals surface area contributed by atoms with E-state index < -0.39 is 5.54 Å². The quantitative estimate of drug-likeness (QED) is 0.830. The maximum atomic E-state index is 13.0. The summed E-state index contributed by atoms with van der Waals surface area (Å²) in [7, 11) is 1.47. The highest BCUT2D eigenvalue weighted by Gasteiger charge is 2.39. The summed E-state index contributed by atoms with van der Waals surface area (Å²) in [6.07, 6.45) is -0.0223. The Morgan fingerprint density at radius 3 is 2.62 bits per heavy atom. The van der Waals surface area contributed by atoms with Gasteiger partial charge < -0.3 is 14.4 Å². The fourth-order valence-corrected chi connectivity index (χ4v) is 2.87. The van der Waals surface area contributed by atoms with Crippen molar-refractivity contribution in [2.75, 3.05) is 20.3 Å². The molecular formula is C15H19Cl2NO3. The Labute approximate surface area is 134 Å². The highest BCUT2D eigenvalue weighted by molar-refractivity contribution is 6.37. The molecule has 1 aliphatic heterocycles. The number of nitrogens with zero attached hydrogens (tertiary/aromatic N) is 1. The summed E-state index contributed by atoms with van der Waals surface area (Å²) in [5, 5.41) is 0.695. The molecule has 116 valence electrons. The zero-order valence-corrected chi connectivity index (χ0v) is 14.1. The second kappa shape index (κ2) is 6.03. The molecule has 21 heavy (non-hydrogen) atoms. The van der Waals surface area contributed by atoms with Crippen LogP contribution >= 0.6 is 23.2 Å². The third-order valence-electron chi connectivity index (χ3n) is 3.61. The minimum atomic E-state index is -0.416. The largest absolute Gasteiger partial charge is 0.494 e. The van der Waals surface area contributed by atoms with Gasteiger partial charge in [0, 0.05) is 6.54 Å². The molecule has 2 rings (SSSR count). The first kappa shape index (κ1) is 16.4. The summed E-state index contributed by atoms with van der Waals surface area (Å²) in [4.78, 5) is 14.7. The van der Waals surface area contributed by atoms with Crippen LogP contribution in [0.1, 0.15) is 31.1 Å². The Morgan fingerprint density at radius 1 is 1.38 bits per heavy atom. The van der Waals surface area contributed by atoms with Crippen molar-refractivity contribution in [2.45, 2.75) is 32.4 Å². The maximum absolute atomic E-state index is 13.0. The average molecular weight is 332 g/mol. The van der Waals surface area contributed by atoms with Crippen molar-refractivity contribution in [1.82, 2.24) is 4.90 Å². The van der Waals surface area contributed by atoms with Crippen molar-refractivity contribution in [3.8, 4) is 5.75 Å². The molecule has 1 unspecified atom stereocenters. The molecule has 0 N–H and O–H groups in total. The van der Waals surface area contributed by atoms with Crippen molar-refractivity contribution >= 4 is 29.1 Å². The molecule has 1 aromatic carbocycles. The van der Waals surface area contributed by atoms with Crippen LogP contribution < -0.4 is 4.74 Å². The third-order valence-corrected chi connectivity index (χ3v) is 4.23. The van der Waals surface area contributed by atoms with Gasteiger partial charge in [-0.2, -0.15) is 0 Å². The van der Waals surface area contributed by atoms with E-state index in [0.717, 1.165) is 0 Å². The lowest BCUT2D eigenvalue weighted by molar-refractivity contribution is -0.0756. The number of benzene rings is 1. The van der Waals surface area contributed by atoms with Gasteiger partial charge in [0.1, 0.15) is 5.56 Å². The molecule has 1 fully saturated rings. The van der Waals surface area contributed by atoms with Crippen molar-refractivity contribution < 1.29 is 14.3 Å². The maximum Gasteiger partial charge on any atom is 0.259 e. The van der Waals surface area contributed by atoms with Gasteiger partial charge >= 0.3 is 0 Å². The number of amides is 1. The Bertz CT molecular complexity index is 560. The zero-order valence-electron chi connectivity index (χ0n) is 12.6. The first-order chi connectivity index (χ1) is 9.77. The van der Waals surface area contributed by atoms with Crippen LogP contribution in [0.2, 0.25) is 10.0 Å². The molecule has 0 bridgehead atoms. The van der Waals surface area contributed by atoms with Gasteiger partial charge in [0.05, 0.1) is 35.4 Å². The van der Waals surface area contributed by atoms with E-state index in [9.17, 15) is 4.79 Å². The number of carbonyl (C=O) groups is 1. The van der Waals surface area contributed by atoms with Gasteiger partial charge in [0.15, 0.2) is 5.75 Å².